The molecule has 1 aromatic carbocycles. The lowest BCUT2D eigenvalue weighted by Crippen LogP contribution is -2.33. The van der Waals surface area contributed by atoms with Crippen LogP contribution in [0.2, 0.25) is 5.02 Å². The first-order valence-electron chi connectivity index (χ1n) is 7.19. The van der Waals surface area contributed by atoms with E-state index < -0.39 is 10.0 Å². The summed E-state index contributed by atoms with van der Waals surface area (Å²) in [5.74, 6) is 1.25. The number of halogens is 1. The van der Waals surface area contributed by atoms with E-state index in [1.807, 2.05) is 12.3 Å². The normalized spacial score (nSPS) is 17.5. The zero-order chi connectivity index (χ0) is 16.4. The first-order chi connectivity index (χ1) is 11.0. The monoisotopic (exact) mass is 350 g/mol. The molecule has 1 atom stereocenters. The lowest BCUT2D eigenvalue weighted by atomic mass is 10.00. The second-order valence-electron chi connectivity index (χ2n) is 5.51. The number of hydrogen-bond donors (Lipinski definition) is 1. The number of nitrogens with zero attached hydrogens (tertiary/aromatic N) is 3. The number of imidazole rings is 1. The van der Waals surface area contributed by atoms with Crippen LogP contribution in [0.15, 0.2) is 35.5 Å². The predicted octanol–water partition coefficient (Wildman–Crippen LogP) is 1.95. The van der Waals surface area contributed by atoms with Crippen LogP contribution in [-0.2, 0) is 23.0 Å². The fraction of sp³-hybridized carbons (Fsp3) is 0.333. The molecule has 0 fully saturated rings. The Morgan fingerprint density at radius 3 is 3.04 bits per heavy atom. The van der Waals surface area contributed by atoms with Crippen molar-refractivity contribution < 1.29 is 8.42 Å². The third kappa shape index (κ3) is 3.39. The molecule has 6 nitrogen and oxygen atoms in total. The molecule has 23 heavy (non-hydrogen) atoms. The minimum atomic E-state index is -3.70. The van der Waals surface area contributed by atoms with Crippen molar-refractivity contribution in [2.24, 2.45) is 5.92 Å². The minimum Gasteiger partial charge on any atom is -0.335 e. The zero-order valence-electron chi connectivity index (χ0n) is 12.2. The molecule has 2 heterocycles. The molecule has 1 aliphatic heterocycles. The summed E-state index contributed by atoms with van der Waals surface area (Å²) in [7, 11) is -3.70. The molecule has 1 unspecified atom stereocenters. The summed E-state index contributed by atoms with van der Waals surface area (Å²) in [5.41, 5.74) is 0.328. The molecule has 1 N–H and O–H groups in total. The Hall–Kier alpha value is -1.88. The molecule has 0 saturated heterocycles. The number of nitrogens with one attached hydrogen (secondary N) is 1. The molecule has 0 saturated carbocycles. The highest BCUT2D eigenvalue weighted by Crippen LogP contribution is 2.23. The van der Waals surface area contributed by atoms with Gasteiger partial charge in [0.05, 0.1) is 16.7 Å². The van der Waals surface area contributed by atoms with Crippen molar-refractivity contribution in [1.82, 2.24) is 14.3 Å². The topological polar surface area (TPSA) is 87.8 Å². The second-order valence-corrected chi connectivity index (χ2v) is 7.65. The van der Waals surface area contributed by atoms with Crippen molar-refractivity contribution in [2.45, 2.75) is 24.3 Å². The maximum absolute atomic E-state index is 12.4. The molecule has 2 aromatic rings. The highest BCUT2D eigenvalue weighted by atomic mass is 35.5. The van der Waals surface area contributed by atoms with Gasteiger partial charge in [-0.2, -0.15) is 5.26 Å². The molecular weight excluding hydrogens is 336 g/mol. The number of fused-ring (bicyclic) bond motifs is 1. The Balaban J connectivity index is 1.69. The van der Waals surface area contributed by atoms with Crippen molar-refractivity contribution in [3.8, 4) is 6.07 Å². The van der Waals surface area contributed by atoms with Crippen LogP contribution in [0, 0.1) is 17.2 Å². The number of rotatable bonds is 4. The largest absolute Gasteiger partial charge is 0.335 e. The van der Waals surface area contributed by atoms with Gasteiger partial charge in [0, 0.05) is 31.9 Å². The van der Waals surface area contributed by atoms with E-state index in [2.05, 4.69) is 14.3 Å². The van der Waals surface area contributed by atoms with Gasteiger partial charge in [0.15, 0.2) is 0 Å². The predicted molar refractivity (Wildman–Crippen MR) is 85.4 cm³/mol. The van der Waals surface area contributed by atoms with E-state index in [0.29, 0.717) is 12.1 Å². The van der Waals surface area contributed by atoms with Crippen molar-refractivity contribution in [1.29, 1.82) is 5.26 Å². The summed E-state index contributed by atoms with van der Waals surface area (Å²) >= 11 is 5.98. The smallest absolute Gasteiger partial charge is 0.242 e. The zero-order valence-corrected chi connectivity index (χ0v) is 13.8. The van der Waals surface area contributed by atoms with E-state index >= 15 is 0 Å². The molecule has 0 amide bonds. The van der Waals surface area contributed by atoms with E-state index in [4.69, 9.17) is 16.9 Å². The molecule has 0 bridgehead atoms. The highest BCUT2D eigenvalue weighted by molar-refractivity contribution is 7.89. The van der Waals surface area contributed by atoms with Gasteiger partial charge in [-0.15, -0.1) is 0 Å². The molecule has 8 heteroatoms. The summed E-state index contributed by atoms with van der Waals surface area (Å²) in [5, 5.41) is 8.86. The fourth-order valence-corrected chi connectivity index (χ4v) is 4.36. The third-order valence-corrected chi connectivity index (χ3v) is 5.85. The van der Waals surface area contributed by atoms with Gasteiger partial charge in [-0.1, -0.05) is 11.6 Å². The van der Waals surface area contributed by atoms with Crippen LogP contribution < -0.4 is 4.72 Å². The van der Waals surface area contributed by atoms with Gasteiger partial charge in [0.2, 0.25) is 10.0 Å². The van der Waals surface area contributed by atoms with Crippen LogP contribution in [0.1, 0.15) is 17.8 Å². The van der Waals surface area contributed by atoms with Crippen LogP contribution >= 0.6 is 11.6 Å². The van der Waals surface area contributed by atoms with E-state index in [1.165, 1.54) is 18.2 Å². The summed E-state index contributed by atoms with van der Waals surface area (Å²) < 4.78 is 29.5. The standard InChI is InChI=1S/C15H15ClN4O2S/c16-13-7-11(8-17)1-3-14(13)23(21,22)19-9-12-2-4-15-18-5-6-20(15)10-12/h1,3,5-7,12,19H,2,4,9-10H2. The van der Waals surface area contributed by atoms with Crippen molar-refractivity contribution in [3.63, 3.8) is 0 Å². The highest BCUT2D eigenvalue weighted by Gasteiger charge is 2.23. The lowest BCUT2D eigenvalue weighted by Gasteiger charge is -2.24. The number of aryl methyl sites for hydroxylation is 1. The molecule has 1 aromatic heterocycles. The van der Waals surface area contributed by atoms with Crippen molar-refractivity contribution in [2.75, 3.05) is 6.54 Å². The molecule has 3 rings (SSSR count). The maximum Gasteiger partial charge on any atom is 0.242 e. The first kappa shape index (κ1) is 16.0. The number of nitriles is 1. The molecule has 1 aliphatic rings. The Kier molecular flexibility index (Phi) is 4.39. The Bertz CT molecular complexity index is 870. The lowest BCUT2D eigenvalue weighted by molar-refractivity contribution is 0.363. The molecule has 0 spiro atoms. The quantitative estimate of drug-likeness (QED) is 0.912. The Labute approximate surface area is 139 Å². The number of hydrogen-bond acceptors (Lipinski definition) is 4. The van der Waals surface area contributed by atoms with Gasteiger partial charge in [-0.3, -0.25) is 0 Å². The number of sulfonamides is 1. The van der Waals surface area contributed by atoms with Crippen LogP contribution in [0.25, 0.3) is 0 Å². The first-order valence-corrected chi connectivity index (χ1v) is 9.05. The summed E-state index contributed by atoms with van der Waals surface area (Å²) in [6.07, 6.45) is 5.41. The molecular formula is C15H15ClN4O2S. The SMILES string of the molecule is N#Cc1ccc(S(=O)(=O)NCC2CCc3nccn3C2)c(Cl)c1. The molecule has 120 valence electrons. The minimum absolute atomic E-state index is 0.00250. The molecule has 0 radical (unpaired) electrons. The summed E-state index contributed by atoms with van der Waals surface area (Å²) in [6, 6.07) is 6.09. The van der Waals surface area contributed by atoms with Gasteiger partial charge in [-0.05, 0) is 30.5 Å². The third-order valence-electron chi connectivity index (χ3n) is 3.95. The van der Waals surface area contributed by atoms with Gasteiger partial charge in [-0.25, -0.2) is 18.1 Å². The van der Waals surface area contributed by atoms with Crippen LogP contribution in [0.3, 0.4) is 0 Å². The van der Waals surface area contributed by atoms with E-state index in [9.17, 15) is 8.42 Å². The van der Waals surface area contributed by atoms with Crippen LogP contribution in [0.5, 0.6) is 0 Å². The average molecular weight is 351 g/mol. The fourth-order valence-electron chi connectivity index (χ4n) is 2.70. The van der Waals surface area contributed by atoms with Crippen molar-refractivity contribution >= 4 is 21.6 Å². The van der Waals surface area contributed by atoms with Crippen LogP contribution in [0.4, 0.5) is 0 Å². The Morgan fingerprint density at radius 1 is 1.48 bits per heavy atom. The summed E-state index contributed by atoms with van der Waals surface area (Å²) in [6.45, 7) is 1.09. The average Bonchev–Trinajstić information content (AvgIpc) is 3.00. The van der Waals surface area contributed by atoms with E-state index in [0.717, 1.165) is 25.2 Å². The van der Waals surface area contributed by atoms with Crippen LogP contribution in [-0.4, -0.2) is 24.5 Å². The van der Waals surface area contributed by atoms with Gasteiger partial charge in [0.1, 0.15) is 10.7 Å². The van der Waals surface area contributed by atoms with Gasteiger partial charge < -0.3 is 4.57 Å². The van der Waals surface area contributed by atoms with E-state index in [1.54, 1.807) is 6.20 Å². The number of benzene rings is 1. The van der Waals surface area contributed by atoms with Gasteiger partial charge >= 0.3 is 0 Å². The second kappa shape index (κ2) is 6.32. The summed E-state index contributed by atoms with van der Waals surface area (Å²) in [4.78, 5) is 4.25. The maximum atomic E-state index is 12.4. The van der Waals surface area contributed by atoms with Crippen molar-refractivity contribution in [3.05, 3.63) is 47.0 Å². The number of aromatic nitrogens is 2. The molecule has 0 aliphatic carbocycles. The van der Waals surface area contributed by atoms with E-state index in [-0.39, 0.29) is 15.8 Å². The van der Waals surface area contributed by atoms with Gasteiger partial charge in [0.25, 0.3) is 0 Å². The Morgan fingerprint density at radius 2 is 2.30 bits per heavy atom.